The number of anilines is 1. The molecule has 0 aromatic heterocycles. The smallest absolute Gasteiger partial charge is 0.263 e. The van der Waals surface area contributed by atoms with Crippen molar-refractivity contribution >= 4 is 11.6 Å². The van der Waals surface area contributed by atoms with Crippen LogP contribution < -0.4 is 15.8 Å². The van der Waals surface area contributed by atoms with E-state index in [4.69, 9.17) is 10.5 Å². The van der Waals surface area contributed by atoms with Crippen molar-refractivity contribution < 1.29 is 9.53 Å². The summed E-state index contributed by atoms with van der Waals surface area (Å²) < 4.78 is 5.97. The summed E-state index contributed by atoms with van der Waals surface area (Å²) in [6.07, 6.45) is 1.48. The van der Waals surface area contributed by atoms with Crippen molar-refractivity contribution in [3.05, 3.63) is 22.8 Å². The molecule has 1 amide bonds. The molecule has 23 heavy (non-hydrogen) atoms. The first-order valence-electron chi connectivity index (χ1n) is 8.33. The number of rotatable bonds is 4. The van der Waals surface area contributed by atoms with Crippen LogP contribution in [0.1, 0.15) is 36.5 Å². The van der Waals surface area contributed by atoms with E-state index in [9.17, 15) is 4.79 Å². The van der Waals surface area contributed by atoms with Gasteiger partial charge in [0, 0.05) is 18.8 Å². The van der Waals surface area contributed by atoms with Crippen molar-refractivity contribution in [2.24, 2.45) is 0 Å². The summed E-state index contributed by atoms with van der Waals surface area (Å²) in [5.41, 5.74) is 9.84. The number of hydrogen-bond donors (Lipinski definition) is 2. The lowest BCUT2D eigenvalue weighted by Crippen LogP contribution is -2.48. The van der Waals surface area contributed by atoms with Gasteiger partial charge < -0.3 is 20.7 Å². The Hall–Kier alpha value is -1.75. The van der Waals surface area contributed by atoms with Crippen LogP contribution in [0.5, 0.6) is 5.75 Å². The predicted octanol–water partition coefficient (Wildman–Crippen LogP) is 2.17. The molecule has 0 aliphatic carbocycles. The van der Waals surface area contributed by atoms with Crippen LogP contribution in [0.4, 0.5) is 5.69 Å². The van der Waals surface area contributed by atoms with Crippen LogP contribution in [0.25, 0.3) is 0 Å². The van der Waals surface area contributed by atoms with Crippen LogP contribution in [-0.4, -0.2) is 43.1 Å². The molecule has 0 bridgehead atoms. The number of ether oxygens (including phenoxy) is 1. The van der Waals surface area contributed by atoms with E-state index in [0.717, 1.165) is 54.1 Å². The first-order valence-corrected chi connectivity index (χ1v) is 8.33. The number of hydrogen-bond acceptors (Lipinski definition) is 4. The van der Waals surface area contributed by atoms with E-state index < -0.39 is 6.10 Å². The van der Waals surface area contributed by atoms with Crippen molar-refractivity contribution in [2.45, 2.75) is 52.7 Å². The van der Waals surface area contributed by atoms with Crippen LogP contribution in [0.3, 0.4) is 0 Å². The zero-order valence-electron chi connectivity index (χ0n) is 14.9. The molecule has 1 aromatic carbocycles. The molecular weight excluding hydrogens is 290 g/mol. The van der Waals surface area contributed by atoms with Crippen molar-refractivity contribution in [1.29, 1.82) is 0 Å². The Balaban J connectivity index is 2.09. The van der Waals surface area contributed by atoms with E-state index in [1.807, 2.05) is 45.7 Å². The molecule has 0 saturated carbocycles. The maximum atomic E-state index is 12.7. The molecule has 1 aliphatic rings. The van der Waals surface area contributed by atoms with Gasteiger partial charge in [0.1, 0.15) is 5.75 Å². The van der Waals surface area contributed by atoms with Gasteiger partial charge in [0.25, 0.3) is 5.91 Å². The van der Waals surface area contributed by atoms with Crippen molar-refractivity contribution in [3.63, 3.8) is 0 Å². The van der Waals surface area contributed by atoms with E-state index in [-0.39, 0.29) is 5.91 Å². The molecular formula is C18H29N3O2. The molecule has 5 heteroatoms. The second kappa shape index (κ2) is 7.21. The fourth-order valence-corrected chi connectivity index (χ4v) is 3.09. The maximum absolute atomic E-state index is 12.7. The Morgan fingerprint density at radius 3 is 2.52 bits per heavy atom. The third kappa shape index (κ3) is 3.78. The monoisotopic (exact) mass is 319 g/mol. The normalized spacial score (nSPS) is 16.9. The molecule has 1 atom stereocenters. The average molecular weight is 319 g/mol. The third-order valence-electron chi connectivity index (χ3n) is 4.96. The summed E-state index contributed by atoms with van der Waals surface area (Å²) in [5, 5.41) is 3.32. The highest BCUT2D eigenvalue weighted by atomic mass is 16.5. The average Bonchev–Trinajstić information content (AvgIpc) is 2.57. The minimum atomic E-state index is -0.504. The summed E-state index contributed by atoms with van der Waals surface area (Å²) in [6, 6.07) is 2.22. The first-order chi connectivity index (χ1) is 10.8. The van der Waals surface area contributed by atoms with Crippen LogP contribution in [0.2, 0.25) is 0 Å². The zero-order valence-corrected chi connectivity index (χ0v) is 14.9. The summed E-state index contributed by atoms with van der Waals surface area (Å²) in [4.78, 5) is 14.5. The number of nitrogens with two attached hydrogens (primary N) is 1. The fourth-order valence-electron chi connectivity index (χ4n) is 3.09. The highest BCUT2D eigenvalue weighted by Gasteiger charge is 2.27. The standard InChI is InChI=1S/C18H29N3O2/c1-11-10-16(12(2)13(3)17(11)19)23-14(4)18(22)21(5)15-6-8-20-9-7-15/h10,14-15,20H,6-9,19H2,1-5H3. The lowest BCUT2D eigenvalue weighted by molar-refractivity contribution is -0.139. The van der Waals surface area contributed by atoms with Crippen molar-refractivity contribution in [3.8, 4) is 5.75 Å². The molecule has 1 heterocycles. The number of carbonyl (C=O) groups is 1. The lowest BCUT2D eigenvalue weighted by atomic mass is 10.0. The number of benzene rings is 1. The molecule has 1 fully saturated rings. The summed E-state index contributed by atoms with van der Waals surface area (Å²) in [5.74, 6) is 0.775. The molecule has 1 saturated heterocycles. The van der Waals surface area contributed by atoms with Gasteiger partial charge in [-0.05, 0) is 76.4 Å². The molecule has 5 nitrogen and oxygen atoms in total. The van der Waals surface area contributed by atoms with Gasteiger partial charge in [0.05, 0.1) is 0 Å². The van der Waals surface area contributed by atoms with E-state index in [0.29, 0.717) is 6.04 Å². The predicted molar refractivity (Wildman–Crippen MR) is 93.8 cm³/mol. The highest BCUT2D eigenvalue weighted by molar-refractivity contribution is 5.81. The molecule has 0 radical (unpaired) electrons. The van der Waals surface area contributed by atoms with Gasteiger partial charge in [-0.1, -0.05) is 0 Å². The van der Waals surface area contributed by atoms with Crippen molar-refractivity contribution in [1.82, 2.24) is 10.2 Å². The molecule has 3 N–H and O–H groups in total. The van der Waals surface area contributed by atoms with Crippen LogP contribution >= 0.6 is 0 Å². The van der Waals surface area contributed by atoms with Gasteiger partial charge in [-0.2, -0.15) is 0 Å². The highest BCUT2D eigenvalue weighted by Crippen LogP contribution is 2.30. The number of likely N-dealkylation sites (N-methyl/N-ethyl adjacent to an activating group) is 1. The van der Waals surface area contributed by atoms with Gasteiger partial charge in [0.15, 0.2) is 6.10 Å². The Morgan fingerprint density at radius 1 is 1.30 bits per heavy atom. The number of carbonyl (C=O) groups excluding carboxylic acids is 1. The SMILES string of the molecule is Cc1cc(OC(C)C(=O)N(C)C2CCNCC2)c(C)c(C)c1N. The molecule has 128 valence electrons. The Bertz CT molecular complexity index is 580. The van der Waals surface area contributed by atoms with Gasteiger partial charge in [-0.3, -0.25) is 4.79 Å². The van der Waals surface area contributed by atoms with Crippen LogP contribution in [-0.2, 0) is 4.79 Å². The lowest BCUT2D eigenvalue weighted by Gasteiger charge is -2.33. The number of aryl methyl sites for hydroxylation is 1. The second-order valence-electron chi connectivity index (χ2n) is 6.55. The summed E-state index contributed by atoms with van der Waals surface area (Å²) in [7, 11) is 1.88. The summed E-state index contributed by atoms with van der Waals surface area (Å²) >= 11 is 0. The number of amides is 1. The van der Waals surface area contributed by atoms with Gasteiger partial charge in [-0.25, -0.2) is 0 Å². The molecule has 0 spiro atoms. The number of nitrogens with zero attached hydrogens (tertiary/aromatic N) is 1. The zero-order chi connectivity index (χ0) is 17.1. The number of nitrogen functional groups attached to an aromatic ring is 1. The van der Waals surface area contributed by atoms with Gasteiger partial charge >= 0.3 is 0 Å². The number of nitrogens with one attached hydrogen (secondary N) is 1. The summed E-state index contributed by atoms with van der Waals surface area (Å²) in [6.45, 7) is 9.68. The molecule has 2 rings (SSSR count). The Labute approximate surface area is 139 Å². The quantitative estimate of drug-likeness (QED) is 0.835. The minimum absolute atomic E-state index is 0.0310. The van der Waals surface area contributed by atoms with E-state index >= 15 is 0 Å². The van der Waals surface area contributed by atoms with Gasteiger partial charge in [0.2, 0.25) is 0 Å². The van der Waals surface area contributed by atoms with Crippen LogP contribution in [0, 0.1) is 20.8 Å². The molecule has 1 unspecified atom stereocenters. The van der Waals surface area contributed by atoms with E-state index in [2.05, 4.69) is 5.32 Å². The molecule has 1 aromatic rings. The minimum Gasteiger partial charge on any atom is -0.481 e. The molecule has 1 aliphatic heterocycles. The third-order valence-corrected chi connectivity index (χ3v) is 4.96. The second-order valence-corrected chi connectivity index (χ2v) is 6.55. The van der Waals surface area contributed by atoms with E-state index in [1.54, 1.807) is 0 Å². The van der Waals surface area contributed by atoms with Crippen molar-refractivity contribution in [2.75, 3.05) is 25.9 Å². The Morgan fingerprint density at radius 2 is 1.91 bits per heavy atom. The number of piperidine rings is 1. The van der Waals surface area contributed by atoms with Crippen LogP contribution in [0.15, 0.2) is 6.07 Å². The maximum Gasteiger partial charge on any atom is 0.263 e. The largest absolute Gasteiger partial charge is 0.481 e. The first kappa shape index (κ1) is 17.6. The fraction of sp³-hybridized carbons (Fsp3) is 0.611. The Kier molecular flexibility index (Phi) is 5.52. The topological polar surface area (TPSA) is 67.6 Å². The van der Waals surface area contributed by atoms with E-state index in [1.165, 1.54) is 0 Å². The van der Waals surface area contributed by atoms with Gasteiger partial charge in [-0.15, -0.1) is 0 Å².